The molecule has 0 rings (SSSR count). The van der Waals surface area contributed by atoms with Gasteiger partial charge in [0.05, 0.1) is 7.11 Å². The normalized spacial score (nSPS) is 14.1. The summed E-state index contributed by atoms with van der Waals surface area (Å²) >= 11 is 0. The van der Waals surface area contributed by atoms with Gasteiger partial charge in [0, 0.05) is 6.42 Å². The number of hydrogen-bond donors (Lipinski definition) is 1. The molecule has 2 N–H and O–H groups in total. The van der Waals surface area contributed by atoms with Gasteiger partial charge < -0.3 is 10.5 Å². The van der Waals surface area contributed by atoms with Crippen molar-refractivity contribution in [2.45, 2.75) is 25.1 Å². The third kappa shape index (κ3) is 4.95. The standard InChI is InChI=1S/C6H10F3NO2/c1-12-5(11)4(10)2-3-6(7,8)9/h4H,2-3,10H2,1H3. The number of methoxy groups -OCH3 is 1. The van der Waals surface area contributed by atoms with Crippen molar-refractivity contribution < 1.29 is 22.7 Å². The van der Waals surface area contributed by atoms with Gasteiger partial charge in [0.15, 0.2) is 0 Å². The zero-order valence-corrected chi connectivity index (χ0v) is 6.52. The van der Waals surface area contributed by atoms with E-state index in [2.05, 4.69) is 4.74 Å². The van der Waals surface area contributed by atoms with Crippen LogP contribution in [-0.2, 0) is 9.53 Å². The molecule has 0 radical (unpaired) electrons. The van der Waals surface area contributed by atoms with Gasteiger partial charge in [-0.1, -0.05) is 0 Å². The predicted octanol–water partition coefficient (Wildman–Crippen LogP) is 0.829. The number of nitrogens with two attached hydrogens (primary N) is 1. The molecule has 0 saturated carbocycles. The van der Waals surface area contributed by atoms with Gasteiger partial charge in [-0.3, -0.25) is 4.79 Å². The fraction of sp³-hybridized carbons (Fsp3) is 0.833. The second-order valence-electron chi connectivity index (χ2n) is 2.28. The van der Waals surface area contributed by atoms with E-state index in [9.17, 15) is 18.0 Å². The Morgan fingerprint density at radius 2 is 2.08 bits per heavy atom. The Bertz CT molecular complexity index is 157. The van der Waals surface area contributed by atoms with Crippen LogP contribution in [0.25, 0.3) is 0 Å². The Hall–Kier alpha value is -0.780. The molecule has 3 nitrogen and oxygen atoms in total. The van der Waals surface area contributed by atoms with Crippen molar-refractivity contribution in [2.24, 2.45) is 5.73 Å². The van der Waals surface area contributed by atoms with E-state index in [-0.39, 0.29) is 0 Å². The molecule has 0 spiro atoms. The first kappa shape index (κ1) is 11.2. The minimum atomic E-state index is -4.27. The molecule has 1 atom stereocenters. The average Bonchev–Trinajstić information content (AvgIpc) is 1.97. The van der Waals surface area contributed by atoms with Gasteiger partial charge in [-0.25, -0.2) is 0 Å². The van der Waals surface area contributed by atoms with Crippen molar-refractivity contribution in [3.05, 3.63) is 0 Å². The third-order valence-electron chi connectivity index (χ3n) is 1.24. The summed E-state index contributed by atoms with van der Waals surface area (Å²) in [6.07, 6.45) is -5.77. The van der Waals surface area contributed by atoms with Gasteiger partial charge in [-0.05, 0) is 6.42 Å². The molecule has 0 aliphatic rings. The van der Waals surface area contributed by atoms with Gasteiger partial charge >= 0.3 is 12.1 Å². The Balaban J connectivity index is 3.72. The van der Waals surface area contributed by atoms with E-state index in [0.29, 0.717) is 0 Å². The smallest absolute Gasteiger partial charge is 0.389 e. The Morgan fingerprint density at radius 3 is 2.42 bits per heavy atom. The topological polar surface area (TPSA) is 52.3 Å². The maximum atomic E-state index is 11.6. The first-order valence-corrected chi connectivity index (χ1v) is 3.27. The molecule has 0 aliphatic carbocycles. The molecule has 12 heavy (non-hydrogen) atoms. The van der Waals surface area contributed by atoms with Crippen molar-refractivity contribution in [1.82, 2.24) is 0 Å². The van der Waals surface area contributed by atoms with Crippen molar-refractivity contribution in [1.29, 1.82) is 0 Å². The number of carbonyl (C=O) groups excluding carboxylic acids is 1. The summed E-state index contributed by atoms with van der Waals surface area (Å²) < 4.78 is 38.9. The van der Waals surface area contributed by atoms with E-state index in [1.165, 1.54) is 0 Å². The number of hydrogen-bond acceptors (Lipinski definition) is 3. The Labute approximate surface area is 67.7 Å². The summed E-state index contributed by atoms with van der Waals surface area (Å²) in [5, 5.41) is 0. The maximum absolute atomic E-state index is 11.6. The van der Waals surface area contributed by atoms with Gasteiger partial charge in [-0.15, -0.1) is 0 Å². The van der Waals surface area contributed by atoms with Crippen LogP contribution in [-0.4, -0.2) is 25.3 Å². The summed E-state index contributed by atoms with van der Waals surface area (Å²) in [6, 6.07) is -1.18. The van der Waals surface area contributed by atoms with Crippen LogP contribution in [0.1, 0.15) is 12.8 Å². The molecular weight excluding hydrogens is 175 g/mol. The largest absolute Gasteiger partial charge is 0.468 e. The second kappa shape index (κ2) is 4.30. The third-order valence-corrected chi connectivity index (χ3v) is 1.24. The SMILES string of the molecule is COC(=O)C(N)CCC(F)(F)F. The van der Waals surface area contributed by atoms with E-state index in [1.54, 1.807) is 0 Å². The van der Waals surface area contributed by atoms with Crippen LogP contribution in [0.2, 0.25) is 0 Å². The molecule has 1 unspecified atom stereocenters. The summed E-state index contributed by atoms with van der Waals surface area (Å²) in [7, 11) is 1.08. The lowest BCUT2D eigenvalue weighted by Crippen LogP contribution is -2.32. The molecule has 0 heterocycles. The number of rotatable bonds is 3. The van der Waals surface area contributed by atoms with E-state index in [0.717, 1.165) is 7.11 Å². The van der Waals surface area contributed by atoms with Gasteiger partial charge in [0.2, 0.25) is 0 Å². The molecule has 0 amide bonds. The zero-order chi connectivity index (χ0) is 9.78. The van der Waals surface area contributed by atoms with Crippen LogP contribution in [0.4, 0.5) is 13.2 Å². The Morgan fingerprint density at radius 1 is 1.58 bits per heavy atom. The molecule has 0 aromatic rings. The minimum Gasteiger partial charge on any atom is -0.468 e. The number of halogens is 3. The van der Waals surface area contributed by atoms with Gasteiger partial charge in [0.25, 0.3) is 0 Å². The lowest BCUT2D eigenvalue weighted by Gasteiger charge is -2.10. The van der Waals surface area contributed by atoms with E-state index >= 15 is 0 Å². The summed E-state index contributed by atoms with van der Waals surface area (Å²) in [5.41, 5.74) is 5.06. The zero-order valence-electron chi connectivity index (χ0n) is 6.52. The average molecular weight is 185 g/mol. The van der Waals surface area contributed by atoms with Gasteiger partial charge in [-0.2, -0.15) is 13.2 Å². The highest BCUT2D eigenvalue weighted by Gasteiger charge is 2.29. The quantitative estimate of drug-likeness (QED) is 0.662. The first-order chi connectivity index (χ1) is 5.37. The number of alkyl halides is 3. The first-order valence-electron chi connectivity index (χ1n) is 3.27. The van der Waals surface area contributed by atoms with Crippen LogP contribution in [0, 0.1) is 0 Å². The molecule has 0 fully saturated rings. The van der Waals surface area contributed by atoms with Crippen LogP contribution < -0.4 is 5.73 Å². The van der Waals surface area contributed by atoms with E-state index in [4.69, 9.17) is 5.73 Å². The van der Waals surface area contributed by atoms with Crippen molar-refractivity contribution in [3.63, 3.8) is 0 Å². The van der Waals surface area contributed by atoms with Crippen LogP contribution in [0.5, 0.6) is 0 Å². The number of ether oxygens (including phenoxy) is 1. The van der Waals surface area contributed by atoms with Crippen LogP contribution in [0.15, 0.2) is 0 Å². The minimum absolute atomic E-state index is 0.434. The van der Waals surface area contributed by atoms with Gasteiger partial charge in [0.1, 0.15) is 6.04 Å². The fourth-order valence-electron chi connectivity index (χ4n) is 0.588. The lowest BCUT2D eigenvalue weighted by atomic mass is 10.2. The molecule has 0 aromatic heterocycles. The number of carbonyl (C=O) groups is 1. The molecule has 6 heteroatoms. The molecule has 72 valence electrons. The second-order valence-corrected chi connectivity index (χ2v) is 2.28. The van der Waals surface area contributed by atoms with Crippen LogP contribution >= 0.6 is 0 Å². The van der Waals surface area contributed by atoms with Crippen molar-refractivity contribution >= 4 is 5.97 Å². The lowest BCUT2D eigenvalue weighted by molar-refractivity contribution is -0.147. The fourth-order valence-corrected chi connectivity index (χ4v) is 0.588. The highest BCUT2D eigenvalue weighted by atomic mass is 19.4. The summed E-state index contributed by atoms with van der Waals surface area (Å²) in [6.45, 7) is 0. The summed E-state index contributed by atoms with van der Waals surface area (Å²) in [4.78, 5) is 10.5. The highest BCUT2D eigenvalue weighted by molar-refractivity contribution is 5.75. The predicted molar refractivity (Wildman–Crippen MR) is 35.3 cm³/mol. The monoisotopic (exact) mass is 185 g/mol. The molecule has 0 saturated heterocycles. The Kier molecular flexibility index (Phi) is 4.02. The molecule has 0 aromatic carbocycles. The van der Waals surface area contributed by atoms with E-state index in [1.807, 2.05) is 0 Å². The molecule has 0 aliphatic heterocycles. The van der Waals surface area contributed by atoms with Crippen molar-refractivity contribution in [2.75, 3.05) is 7.11 Å². The van der Waals surface area contributed by atoms with Crippen LogP contribution in [0.3, 0.4) is 0 Å². The molecular formula is C6H10F3NO2. The van der Waals surface area contributed by atoms with Crippen molar-refractivity contribution in [3.8, 4) is 0 Å². The van der Waals surface area contributed by atoms with E-state index < -0.39 is 31.0 Å². The maximum Gasteiger partial charge on any atom is 0.389 e. The molecule has 0 bridgehead atoms. The summed E-state index contributed by atoms with van der Waals surface area (Å²) in [5.74, 6) is -0.820. The highest BCUT2D eigenvalue weighted by Crippen LogP contribution is 2.21. The number of esters is 1.